The average molecular weight is 190 g/mol. The number of carbonyl (C=O) groups is 1. The van der Waals surface area contributed by atoms with Gasteiger partial charge in [-0.2, -0.15) is 0 Å². The van der Waals surface area contributed by atoms with Crippen molar-refractivity contribution in [1.29, 1.82) is 0 Å². The van der Waals surface area contributed by atoms with Gasteiger partial charge < -0.3 is 0 Å². The summed E-state index contributed by atoms with van der Waals surface area (Å²) in [6, 6.07) is 10.4. The minimum absolute atomic E-state index is 0.221. The number of rotatable bonds is 5. The van der Waals surface area contributed by atoms with Gasteiger partial charge in [-0.25, -0.2) is 0 Å². The van der Waals surface area contributed by atoms with E-state index in [1.54, 1.807) is 6.92 Å². The van der Waals surface area contributed by atoms with Gasteiger partial charge in [0, 0.05) is 5.92 Å². The lowest BCUT2D eigenvalue weighted by Crippen LogP contribution is -2.06. The lowest BCUT2D eigenvalue weighted by atomic mass is 9.98. The Bertz CT molecular complexity index is 277. The number of hydrogen-bond acceptors (Lipinski definition) is 1. The lowest BCUT2D eigenvalue weighted by Gasteiger charge is -2.06. The van der Waals surface area contributed by atoms with E-state index in [9.17, 15) is 4.79 Å². The highest BCUT2D eigenvalue weighted by atomic mass is 16.1. The maximum Gasteiger partial charge on any atom is 0.132 e. The quantitative estimate of drug-likeness (QED) is 0.696. The lowest BCUT2D eigenvalue weighted by molar-refractivity contribution is -0.120. The number of Topliss-reactive ketones (excluding diaryl/α,β-unsaturated/α-hetero) is 1. The van der Waals surface area contributed by atoms with E-state index in [1.807, 2.05) is 13.0 Å². The highest BCUT2D eigenvalue weighted by molar-refractivity contribution is 5.77. The van der Waals surface area contributed by atoms with Crippen LogP contribution in [0.15, 0.2) is 30.3 Å². The van der Waals surface area contributed by atoms with Gasteiger partial charge in [-0.15, -0.1) is 0 Å². The second-order valence-corrected chi connectivity index (χ2v) is 3.89. The SMILES string of the molecule is CC(=O)[C@@H](C)CCCc1ccccc1. The number of carbonyl (C=O) groups excluding carboxylic acids is 1. The highest BCUT2D eigenvalue weighted by Gasteiger charge is 2.06. The van der Waals surface area contributed by atoms with Crippen molar-refractivity contribution in [2.75, 3.05) is 0 Å². The fourth-order valence-corrected chi connectivity index (χ4v) is 1.46. The van der Waals surface area contributed by atoms with Crippen LogP contribution < -0.4 is 0 Å². The molecule has 76 valence electrons. The molecule has 0 aliphatic carbocycles. The Morgan fingerprint density at radius 1 is 1.29 bits per heavy atom. The molecule has 0 amide bonds. The molecule has 0 aromatic heterocycles. The van der Waals surface area contributed by atoms with Crippen LogP contribution in [0.1, 0.15) is 32.3 Å². The molecule has 1 aromatic carbocycles. The molecule has 0 bridgehead atoms. The Kier molecular flexibility index (Phi) is 4.37. The van der Waals surface area contributed by atoms with E-state index < -0.39 is 0 Å². The molecule has 0 saturated carbocycles. The van der Waals surface area contributed by atoms with Gasteiger partial charge in [0.2, 0.25) is 0 Å². The Balaban J connectivity index is 2.26. The maximum atomic E-state index is 11.0. The van der Waals surface area contributed by atoms with Crippen molar-refractivity contribution in [3.8, 4) is 0 Å². The molecule has 0 fully saturated rings. The largest absolute Gasteiger partial charge is 0.300 e. The summed E-state index contributed by atoms with van der Waals surface area (Å²) in [5.74, 6) is 0.525. The Hall–Kier alpha value is -1.11. The fraction of sp³-hybridized carbons (Fsp3) is 0.462. The van der Waals surface area contributed by atoms with Crippen LogP contribution in [-0.2, 0) is 11.2 Å². The van der Waals surface area contributed by atoms with Gasteiger partial charge in [0.25, 0.3) is 0 Å². The second kappa shape index (κ2) is 5.58. The smallest absolute Gasteiger partial charge is 0.132 e. The van der Waals surface area contributed by atoms with Gasteiger partial charge in [-0.1, -0.05) is 37.3 Å². The zero-order chi connectivity index (χ0) is 10.4. The van der Waals surface area contributed by atoms with Crippen LogP contribution in [0.25, 0.3) is 0 Å². The van der Waals surface area contributed by atoms with E-state index in [2.05, 4.69) is 24.3 Å². The van der Waals surface area contributed by atoms with Gasteiger partial charge in [-0.05, 0) is 31.7 Å². The predicted octanol–water partition coefficient (Wildman–Crippen LogP) is 3.23. The van der Waals surface area contributed by atoms with Gasteiger partial charge in [0.05, 0.1) is 0 Å². The second-order valence-electron chi connectivity index (χ2n) is 3.89. The van der Waals surface area contributed by atoms with E-state index in [4.69, 9.17) is 0 Å². The predicted molar refractivity (Wildman–Crippen MR) is 59.2 cm³/mol. The monoisotopic (exact) mass is 190 g/mol. The molecular weight excluding hydrogens is 172 g/mol. The first-order chi connectivity index (χ1) is 6.70. The zero-order valence-electron chi connectivity index (χ0n) is 8.99. The number of aryl methyl sites for hydroxylation is 1. The standard InChI is InChI=1S/C13H18O/c1-11(12(2)14)7-6-10-13-8-4-3-5-9-13/h3-5,8-9,11H,6-7,10H2,1-2H3/t11-/m0/s1. The van der Waals surface area contributed by atoms with Gasteiger partial charge >= 0.3 is 0 Å². The van der Waals surface area contributed by atoms with Crippen LogP contribution in [0.4, 0.5) is 0 Å². The molecule has 0 saturated heterocycles. The van der Waals surface area contributed by atoms with Crippen molar-refractivity contribution in [3.05, 3.63) is 35.9 Å². The van der Waals surface area contributed by atoms with Crippen molar-refractivity contribution in [1.82, 2.24) is 0 Å². The molecule has 0 heterocycles. The molecular formula is C13H18O. The number of ketones is 1. The molecule has 14 heavy (non-hydrogen) atoms. The Morgan fingerprint density at radius 3 is 2.50 bits per heavy atom. The summed E-state index contributed by atoms with van der Waals surface area (Å²) in [6.45, 7) is 3.68. The minimum Gasteiger partial charge on any atom is -0.300 e. The van der Waals surface area contributed by atoms with E-state index >= 15 is 0 Å². The summed E-state index contributed by atoms with van der Waals surface area (Å²) < 4.78 is 0. The third-order valence-electron chi connectivity index (χ3n) is 2.64. The summed E-state index contributed by atoms with van der Waals surface area (Å²) in [5, 5.41) is 0. The molecule has 0 spiro atoms. The molecule has 1 rings (SSSR count). The first-order valence-corrected chi connectivity index (χ1v) is 5.24. The molecule has 1 aromatic rings. The van der Waals surface area contributed by atoms with E-state index in [0.29, 0.717) is 5.78 Å². The molecule has 1 atom stereocenters. The first-order valence-electron chi connectivity index (χ1n) is 5.24. The summed E-state index contributed by atoms with van der Waals surface area (Å²) in [7, 11) is 0. The first kappa shape index (κ1) is 11.0. The molecule has 1 nitrogen and oxygen atoms in total. The Labute approximate surface area is 86.1 Å². The number of hydrogen-bond donors (Lipinski definition) is 0. The van der Waals surface area contributed by atoms with E-state index in [1.165, 1.54) is 5.56 Å². The summed E-state index contributed by atoms with van der Waals surface area (Å²) in [4.78, 5) is 11.0. The van der Waals surface area contributed by atoms with Crippen LogP contribution in [-0.4, -0.2) is 5.78 Å². The van der Waals surface area contributed by atoms with E-state index in [-0.39, 0.29) is 5.92 Å². The van der Waals surface area contributed by atoms with Crippen LogP contribution in [0.3, 0.4) is 0 Å². The van der Waals surface area contributed by atoms with Crippen molar-refractivity contribution in [2.24, 2.45) is 5.92 Å². The molecule has 0 radical (unpaired) electrons. The van der Waals surface area contributed by atoms with Crippen LogP contribution in [0.2, 0.25) is 0 Å². The maximum absolute atomic E-state index is 11.0. The van der Waals surface area contributed by atoms with Crippen LogP contribution >= 0.6 is 0 Å². The topological polar surface area (TPSA) is 17.1 Å². The summed E-state index contributed by atoms with van der Waals surface area (Å²) in [6.07, 6.45) is 3.19. The van der Waals surface area contributed by atoms with Crippen molar-refractivity contribution < 1.29 is 4.79 Å². The van der Waals surface area contributed by atoms with Crippen LogP contribution in [0, 0.1) is 5.92 Å². The normalized spacial score (nSPS) is 12.4. The molecule has 0 unspecified atom stereocenters. The van der Waals surface area contributed by atoms with Crippen molar-refractivity contribution >= 4 is 5.78 Å². The summed E-state index contributed by atoms with van der Waals surface area (Å²) in [5.41, 5.74) is 1.36. The molecule has 0 N–H and O–H groups in total. The molecule has 1 heteroatoms. The minimum atomic E-state index is 0.221. The third-order valence-corrected chi connectivity index (χ3v) is 2.64. The van der Waals surface area contributed by atoms with Gasteiger partial charge in [0.15, 0.2) is 0 Å². The van der Waals surface area contributed by atoms with Crippen molar-refractivity contribution in [2.45, 2.75) is 33.1 Å². The van der Waals surface area contributed by atoms with Crippen LogP contribution in [0.5, 0.6) is 0 Å². The van der Waals surface area contributed by atoms with Gasteiger partial charge in [0.1, 0.15) is 5.78 Å². The van der Waals surface area contributed by atoms with Crippen molar-refractivity contribution in [3.63, 3.8) is 0 Å². The summed E-state index contributed by atoms with van der Waals surface area (Å²) >= 11 is 0. The zero-order valence-corrected chi connectivity index (χ0v) is 8.99. The number of benzene rings is 1. The molecule has 0 aliphatic rings. The van der Waals surface area contributed by atoms with Gasteiger partial charge in [-0.3, -0.25) is 4.79 Å². The highest BCUT2D eigenvalue weighted by Crippen LogP contribution is 2.10. The average Bonchev–Trinajstić information content (AvgIpc) is 2.19. The molecule has 0 aliphatic heterocycles. The fourth-order valence-electron chi connectivity index (χ4n) is 1.46. The third kappa shape index (κ3) is 3.73. The van der Waals surface area contributed by atoms with E-state index in [0.717, 1.165) is 19.3 Å². The Morgan fingerprint density at radius 2 is 1.93 bits per heavy atom.